The van der Waals surface area contributed by atoms with Gasteiger partial charge in [0.1, 0.15) is 11.5 Å². The van der Waals surface area contributed by atoms with Gasteiger partial charge in [0, 0.05) is 0 Å². The summed E-state index contributed by atoms with van der Waals surface area (Å²) in [5.74, 6) is -1.71. The van der Waals surface area contributed by atoms with Crippen molar-refractivity contribution in [2.24, 2.45) is 0 Å². The van der Waals surface area contributed by atoms with E-state index in [-0.39, 0.29) is 6.10 Å². The van der Waals surface area contributed by atoms with Gasteiger partial charge in [0.05, 0.1) is 12.2 Å². The molecule has 0 bridgehead atoms. The summed E-state index contributed by atoms with van der Waals surface area (Å²) >= 11 is 0. The van der Waals surface area contributed by atoms with Crippen LogP contribution in [0.5, 0.6) is 0 Å². The maximum atomic E-state index is 10.8. The Bertz CT molecular complexity index is 421. The molecule has 0 spiro atoms. The van der Waals surface area contributed by atoms with Gasteiger partial charge >= 0.3 is 0 Å². The zero-order valence-electron chi connectivity index (χ0n) is 11.9. The summed E-state index contributed by atoms with van der Waals surface area (Å²) in [7, 11) is -8.74. The summed E-state index contributed by atoms with van der Waals surface area (Å²) in [5.41, 5.74) is 0. The monoisotopic (exact) mass is 332 g/mol. The van der Waals surface area contributed by atoms with Crippen molar-refractivity contribution in [1.82, 2.24) is 0 Å². The summed E-state index contributed by atoms with van der Waals surface area (Å²) in [6.45, 7) is 3.78. The molecule has 9 heteroatoms. The lowest BCUT2D eigenvalue weighted by atomic mass is 10.1. The molecule has 2 N–H and O–H groups in total. The van der Waals surface area contributed by atoms with Crippen molar-refractivity contribution in [2.45, 2.75) is 58.2 Å². The van der Waals surface area contributed by atoms with Crippen molar-refractivity contribution in [3.05, 3.63) is 0 Å². The van der Waals surface area contributed by atoms with Crippen LogP contribution >= 0.6 is 0 Å². The summed E-state index contributed by atoms with van der Waals surface area (Å²) in [4.78, 5) is 0. The van der Waals surface area contributed by atoms with Crippen LogP contribution in [0.2, 0.25) is 0 Å². The summed E-state index contributed by atoms with van der Waals surface area (Å²) < 4.78 is 66.1. The van der Waals surface area contributed by atoms with Gasteiger partial charge in [-0.2, -0.15) is 16.8 Å². The highest BCUT2D eigenvalue weighted by Crippen LogP contribution is 2.12. The Hall–Kier alpha value is -0.220. The van der Waals surface area contributed by atoms with E-state index in [1.807, 2.05) is 0 Å². The second kappa shape index (κ2) is 8.93. The van der Waals surface area contributed by atoms with E-state index in [0.717, 1.165) is 25.7 Å². The topological polar surface area (TPSA) is 118 Å². The molecule has 0 aromatic rings. The summed E-state index contributed by atoms with van der Waals surface area (Å²) in [5, 5.41) is 0. The number of hydrogen-bond acceptors (Lipinski definition) is 5. The molecule has 0 aromatic heterocycles. The maximum Gasteiger partial charge on any atom is 0.267 e. The number of hydrogen-bond donors (Lipinski definition) is 2. The van der Waals surface area contributed by atoms with Gasteiger partial charge < -0.3 is 4.74 Å². The van der Waals surface area contributed by atoms with Crippen LogP contribution < -0.4 is 0 Å². The fourth-order valence-electron chi connectivity index (χ4n) is 1.85. The average Bonchev–Trinajstić information content (AvgIpc) is 2.19. The Labute approximate surface area is 121 Å². The molecule has 20 heavy (non-hydrogen) atoms. The van der Waals surface area contributed by atoms with Crippen LogP contribution in [0.3, 0.4) is 0 Å². The lowest BCUT2D eigenvalue weighted by Crippen LogP contribution is -2.33. The van der Waals surface area contributed by atoms with Crippen LogP contribution in [0.1, 0.15) is 46.0 Å². The van der Waals surface area contributed by atoms with Gasteiger partial charge in [0.25, 0.3) is 20.2 Å². The molecule has 0 fully saturated rings. The molecule has 0 aliphatic rings. The third-order valence-corrected chi connectivity index (χ3v) is 4.27. The molecule has 0 saturated heterocycles. The largest absolute Gasteiger partial charge is 0.373 e. The zero-order valence-corrected chi connectivity index (χ0v) is 13.5. The quantitative estimate of drug-likeness (QED) is 0.435. The molecule has 0 aromatic carbocycles. The second-order valence-electron chi connectivity index (χ2n) is 4.92. The SMILES string of the molecule is CCCCCCC(C)OC(CS(=O)(=O)O)CS(=O)(=O)O. The molecule has 0 amide bonds. The van der Waals surface area contributed by atoms with Crippen LogP contribution in [-0.2, 0) is 25.0 Å². The van der Waals surface area contributed by atoms with Crippen LogP contribution in [0.25, 0.3) is 0 Å². The Morgan fingerprint density at radius 3 is 1.85 bits per heavy atom. The summed E-state index contributed by atoms with van der Waals surface area (Å²) in [6, 6.07) is 0. The van der Waals surface area contributed by atoms with Crippen LogP contribution in [0.15, 0.2) is 0 Å². The third-order valence-electron chi connectivity index (χ3n) is 2.68. The first kappa shape index (κ1) is 19.8. The standard InChI is InChI=1S/C11H24O7S2/c1-3-4-5-6-7-10(2)18-11(8-19(12,13)14)9-20(15,16)17/h10-11H,3-9H2,1-2H3,(H,12,13,14)(H,15,16,17). The molecule has 0 radical (unpaired) electrons. The first-order valence-corrected chi connectivity index (χ1v) is 9.81. The van der Waals surface area contributed by atoms with E-state index >= 15 is 0 Å². The number of ether oxygens (including phenoxy) is 1. The Morgan fingerprint density at radius 1 is 0.950 bits per heavy atom. The highest BCUT2D eigenvalue weighted by molar-refractivity contribution is 7.86. The third kappa shape index (κ3) is 12.8. The van der Waals surface area contributed by atoms with E-state index in [1.165, 1.54) is 0 Å². The predicted octanol–water partition coefficient (Wildman–Crippen LogP) is 1.51. The lowest BCUT2D eigenvalue weighted by Gasteiger charge is -2.20. The van der Waals surface area contributed by atoms with Gasteiger partial charge in [-0.3, -0.25) is 9.11 Å². The Balaban J connectivity index is 4.41. The van der Waals surface area contributed by atoms with E-state index in [1.54, 1.807) is 6.92 Å². The van der Waals surface area contributed by atoms with Gasteiger partial charge in [0.15, 0.2) is 0 Å². The van der Waals surface area contributed by atoms with E-state index in [2.05, 4.69) is 6.92 Å². The zero-order chi connectivity index (χ0) is 15.8. The van der Waals surface area contributed by atoms with Gasteiger partial charge in [0.2, 0.25) is 0 Å². The minimum Gasteiger partial charge on any atom is -0.373 e. The number of unbranched alkanes of at least 4 members (excludes halogenated alkanes) is 3. The maximum absolute atomic E-state index is 10.8. The molecule has 0 aliphatic heterocycles. The average molecular weight is 332 g/mol. The molecule has 0 saturated carbocycles. The molecule has 0 aliphatic carbocycles. The van der Waals surface area contributed by atoms with E-state index in [9.17, 15) is 16.8 Å². The number of rotatable bonds is 11. The van der Waals surface area contributed by atoms with Crippen molar-refractivity contribution in [2.75, 3.05) is 11.5 Å². The molecule has 7 nitrogen and oxygen atoms in total. The van der Waals surface area contributed by atoms with Crippen LogP contribution in [-0.4, -0.2) is 49.7 Å². The first-order chi connectivity index (χ1) is 9.03. The lowest BCUT2D eigenvalue weighted by molar-refractivity contribution is 0.0153. The summed E-state index contributed by atoms with van der Waals surface area (Å²) in [6.07, 6.45) is 3.12. The molecule has 122 valence electrons. The Morgan fingerprint density at radius 2 is 1.45 bits per heavy atom. The smallest absolute Gasteiger partial charge is 0.267 e. The van der Waals surface area contributed by atoms with Gasteiger partial charge in [-0.05, 0) is 13.3 Å². The molecule has 0 heterocycles. The van der Waals surface area contributed by atoms with Crippen molar-refractivity contribution >= 4 is 20.2 Å². The Kier molecular flexibility index (Phi) is 8.83. The van der Waals surface area contributed by atoms with Crippen molar-refractivity contribution < 1.29 is 30.7 Å². The highest BCUT2D eigenvalue weighted by Gasteiger charge is 2.25. The fourth-order valence-corrected chi connectivity index (χ4v) is 3.33. The molecule has 0 rings (SSSR count). The minimum absolute atomic E-state index is 0.347. The molecule has 1 atom stereocenters. The van der Waals surface area contributed by atoms with Gasteiger partial charge in [-0.25, -0.2) is 0 Å². The van der Waals surface area contributed by atoms with E-state index < -0.39 is 37.8 Å². The van der Waals surface area contributed by atoms with E-state index in [4.69, 9.17) is 13.8 Å². The van der Waals surface area contributed by atoms with Crippen LogP contribution in [0, 0.1) is 0 Å². The normalized spacial score (nSPS) is 14.7. The van der Waals surface area contributed by atoms with Crippen molar-refractivity contribution in [3.63, 3.8) is 0 Å². The highest BCUT2D eigenvalue weighted by atomic mass is 32.2. The predicted molar refractivity (Wildman–Crippen MR) is 75.9 cm³/mol. The van der Waals surface area contributed by atoms with E-state index in [0.29, 0.717) is 6.42 Å². The second-order valence-corrected chi connectivity index (χ2v) is 7.91. The molecule has 1 unspecified atom stereocenters. The van der Waals surface area contributed by atoms with Gasteiger partial charge in [-0.15, -0.1) is 0 Å². The fraction of sp³-hybridized carbons (Fsp3) is 1.00. The minimum atomic E-state index is -4.37. The molecular weight excluding hydrogens is 308 g/mol. The molecular formula is C11H24O7S2. The van der Waals surface area contributed by atoms with Crippen molar-refractivity contribution in [3.8, 4) is 0 Å². The van der Waals surface area contributed by atoms with Crippen LogP contribution in [0.4, 0.5) is 0 Å². The van der Waals surface area contributed by atoms with Crippen molar-refractivity contribution in [1.29, 1.82) is 0 Å². The first-order valence-electron chi connectivity index (χ1n) is 6.59. The van der Waals surface area contributed by atoms with Gasteiger partial charge in [-0.1, -0.05) is 32.6 Å².